The second-order valence-corrected chi connectivity index (χ2v) is 6.26. The lowest BCUT2D eigenvalue weighted by molar-refractivity contribution is -0.141. The first-order chi connectivity index (χ1) is 11.0. The number of ether oxygens (including phenoxy) is 1. The van der Waals surface area contributed by atoms with Gasteiger partial charge in [0.15, 0.2) is 6.61 Å². The molecule has 0 aromatic carbocycles. The first-order valence-electron chi connectivity index (χ1n) is 6.60. The number of nitrogens with zero attached hydrogens (tertiary/aromatic N) is 1. The Morgan fingerprint density at radius 2 is 2.09 bits per heavy atom. The number of aryl methyl sites for hydroxylation is 1. The molecule has 23 heavy (non-hydrogen) atoms. The molecular formula is C15H13ClN2O4S. The van der Waals surface area contributed by atoms with E-state index in [9.17, 15) is 14.4 Å². The van der Waals surface area contributed by atoms with E-state index >= 15 is 0 Å². The van der Waals surface area contributed by atoms with Gasteiger partial charge in [-0.15, -0.1) is 11.3 Å². The Morgan fingerprint density at radius 3 is 2.74 bits per heavy atom. The van der Waals surface area contributed by atoms with Crippen LogP contribution in [0.1, 0.15) is 25.0 Å². The highest BCUT2D eigenvalue weighted by Crippen LogP contribution is 2.15. The standard InChI is InChI=1S/C15H13ClN2O4S/c1-9-2-3-13(23-9)12(19)8-22-14(20)7-18-15(21)11-6-10(16)4-5-17-11/h2-6H,7-8H2,1H3,(H,18,21). The minimum absolute atomic E-state index is 0.0930. The molecule has 0 aliphatic rings. The van der Waals surface area contributed by atoms with Crippen molar-refractivity contribution in [3.63, 3.8) is 0 Å². The molecule has 0 radical (unpaired) electrons. The van der Waals surface area contributed by atoms with Crippen LogP contribution in [0.3, 0.4) is 0 Å². The zero-order valence-electron chi connectivity index (χ0n) is 12.2. The van der Waals surface area contributed by atoms with Gasteiger partial charge in [-0.3, -0.25) is 19.4 Å². The average molecular weight is 353 g/mol. The number of amides is 1. The fourth-order valence-corrected chi connectivity index (χ4v) is 2.58. The largest absolute Gasteiger partial charge is 0.456 e. The molecule has 1 N–H and O–H groups in total. The number of pyridine rings is 1. The number of Topliss-reactive ketones (excluding diaryl/α,β-unsaturated/α-hetero) is 1. The molecule has 0 unspecified atom stereocenters. The van der Waals surface area contributed by atoms with Gasteiger partial charge in [0, 0.05) is 16.1 Å². The van der Waals surface area contributed by atoms with Gasteiger partial charge in [0.05, 0.1) is 4.88 Å². The normalized spacial score (nSPS) is 10.2. The first-order valence-corrected chi connectivity index (χ1v) is 7.80. The van der Waals surface area contributed by atoms with Crippen molar-refractivity contribution < 1.29 is 19.1 Å². The zero-order valence-corrected chi connectivity index (χ0v) is 13.7. The smallest absolute Gasteiger partial charge is 0.325 e. The van der Waals surface area contributed by atoms with Gasteiger partial charge in [0.25, 0.3) is 5.91 Å². The number of carbonyl (C=O) groups excluding carboxylic acids is 3. The van der Waals surface area contributed by atoms with Crippen molar-refractivity contribution in [1.82, 2.24) is 10.3 Å². The molecule has 0 bridgehead atoms. The Labute approximate surface area is 141 Å². The number of rotatable bonds is 6. The highest BCUT2D eigenvalue weighted by atomic mass is 35.5. The van der Waals surface area contributed by atoms with Crippen LogP contribution in [0.25, 0.3) is 0 Å². The Morgan fingerprint density at radius 1 is 1.30 bits per heavy atom. The Balaban J connectivity index is 1.77. The number of thiophene rings is 1. The molecule has 0 saturated heterocycles. The molecule has 0 spiro atoms. The summed E-state index contributed by atoms with van der Waals surface area (Å²) in [5, 5.41) is 2.72. The summed E-state index contributed by atoms with van der Waals surface area (Å²) in [4.78, 5) is 40.5. The Hall–Kier alpha value is -2.25. The molecule has 120 valence electrons. The summed E-state index contributed by atoms with van der Waals surface area (Å²) in [6, 6.07) is 6.41. The van der Waals surface area contributed by atoms with E-state index in [2.05, 4.69) is 10.3 Å². The van der Waals surface area contributed by atoms with Crippen molar-refractivity contribution in [2.24, 2.45) is 0 Å². The van der Waals surface area contributed by atoms with E-state index in [-0.39, 0.29) is 24.6 Å². The number of nitrogens with one attached hydrogen (secondary N) is 1. The van der Waals surface area contributed by atoms with E-state index in [0.717, 1.165) is 4.88 Å². The van der Waals surface area contributed by atoms with Gasteiger partial charge in [-0.05, 0) is 31.2 Å². The van der Waals surface area contributed by atoms with Crippen LogP contribution in [-0.2, 0) is 9.53 Å². The highest BCUT2D eigenvalue weighted by Gasteiger charge is 2.13. The fourth-order valence-electron chi connectivity index (χ4n) is 1.62. The van der Waals surface area contributed by atoms with Crippen LogP contribution in [0, 0.1) is 6.92 Å². The van der Waals surface area contributed by atoms with Crippen molar-refractivity contribution in [3.05, 3.63) is 50.9 Å². The Bertz CT molecular complexity index is 745. The van der Waals surface area contributed by atoms with E-state index in [1.807, 2.05) is 13.0 Å². The second kappa shape index (κ2) is 7.85. The van der Waals surface area contributed by atoms with Crippen molar-refractivity contribution in [2.75, 3.05) is 13.2 Å². The molecule has 0 saturated carbocycles. The lowest BCUT2D eigenvalue weighted by Crippen LogP contribution is -2.31. The van der Waals surface area contributed by atoms with Gasteiger partial charge in [-0.1, -0.05) is 11.6 Å². The predicted octanol–water partition coefficient (Wildman–Crippen LogP) is 2.26. The molecule has 0 fully saturated rings. The van der Waals surface area contributed by atoms with Crippen molar-refractivity contribution in [2.45, 2.75) is 6.92 Å². The average Bonchev–Trinajstić information content (AvgIpc) is 2.96. The summed E-state index contributed by atoms with van der Waals surface area (Å²) in [5.41, 5.74) is 0.0930. The highest BCUT2D eigenvalue weighted by molar-refractivity contribution is 7.14. The van der Waals surface area contributed by atoms with Crippen molar-refractivity contribution in [1.29, 1.82) is 0 Å². The fraction of sp³-hybridized carbons (Fsp3) is 0.200. The van der Waals surface area contributed by atoms with Gasteiger partial charge < -0.3 is 10.1 Å². The van der Waals surface area contributed by atoms with Crippen LogP contribution in [0.15, 0.2) is 30.5 Å². The lowest BCUT2D eigenvalue weighted by atomic mass is 10.3. The Kier molecular flexibility index (Phi) is 5.84. The van der Waals surface area contributed by atoms with Crippen LogP contribution in [0.2, 0.25) is 5.02 Å². The first kappa shape index (κ1) is 17.1. The molecule has 0 aliphatic heterocycles. The molecule has 6 nitrogen and oxygen atoms in total. The third-order valence-corrected chi connectivity index (χ3v) is 4.00. The summed E-state index contributed by atoms with van der Waals surface area (Å²) < 4.78 is 4.83. The molecular weight excluding hydrogens is 340 g/mol. The molecule has 0 atom stereocenters. The zero-order chi connectivity index (χ0) is 16.8. The minimum Gasteiger partial charge on any atom is -0.456 e. The van der Waals surface area contributed by atoms with E-state index < -0.39 is 11.9 Å². The second-order valence-electron chi connectivity index (χ2n) is 4.54. The quantitative estimate of drug-likeness (QED) is 0.636. The number of esters is 1. The number of hydrogen-bond donors (Lipinski definition) is 1. The molecule has 8 heteroatoms. The minimum atomic E-state index is -0.706. The maximum atomic E-state index is 11.8. The van der Waals surface area contributed by atoms with E-state index in [0.29, 0.717) is 9.90 Å². The van der Waals surface area contributed by atoms with Crippen LogP contribution in [-0.4, -0.2) is 35.8 Å². The van der Waals surface area contributed by atoms with Crippen LogP contribution in [0.5, 0.6) is 0 Å². The third-order valence-electron chi connectivity index (χ3n) is 2.73. The summed E-state index contributed by atoms with van der Waals surface area (Å²) in [5.74, 6) is -1.54. The summed E-state index contributed by atoms with van der Waals surface area (Å²) in [6.07, 6.45) is 1.39. The maximum Gasteiger partial charge on any atom is 0.325 e. The van der Waals surface area contributed by atoms with Gasteiger partial charge >= 0.3 is 5.97 Å². The number of aromatic nitrogens is 1. The number of carbonyl (C=O) groups is 3. The molecule has 2 aromatic heterocycles. The number of ketones is 1. The molecule has 2 rings (SSSR count). The van der Waals surface area contributed by atoms with Crippen LogP contribution < -0.4 is 5.32 Å². The molecule has 2 aromatic rings. The topological polar surface area (TPSA) is 85.4 Å². The van der Waals surface area contributed by atoms with Crippen molar-refractivity contribution in [3.8, 4) is 0 Å². The van der Waals surface area contributed by atoms with E-state index in [4.69, 9.17) is 16.3 Å². The van der Waals surface area contributed by atoms with Crippen LogP contribution >= 0.6 is 22.9 Å². The maximum absolute atomic E-state index is 11.8. The van der Waals surface area contributed by atoms with Crippen LogP contribution in [0.4, 0.5) is 0 Å². The van der Waals surface area contributed by atoms with E-state index in [1.54, 1.807) is 6.07 Å². The lowest BCUT2D eigenvalue weighted by Gasteiger charge is -2.05. The van der Waals surface area contributed by atoms with Gasteiger partial charge in [-0.25, -0.2) is 0 Å². The van der Waals surface area contributed by atoms with Crippen molar-refractivity contribution >= 4 is 40.6 Å². The third kappa shape index (κ3) is 5.15. The predicted molar refractivity (Wildman–Crippen MR) is 85.9 cm³/mol. The molecule has 0 aliphatic carbocycles. The summed E-state index contributed by atoms with van der Waals surface area (Å²) in [7, 11) is 0. The summed E-state index contributed by atoms with van der Waals surface area (Å²) >= 11 is 7.08. The van der Waals surface area contributed by atoms with Gasteiger partial charge in [-0.2, -0.15) is 0 Å². The molecule has 1 amide bonds. The number of halogens is 1. The van der Waals surface area contributed by atoms with Gasteiger partial charge in [0.2, 0.25) is 5.78 Å². The summed E-state index contributed by atoms with van der Waals surface area (Å²) in [6.45, 7) is 1.17. The molecule has 2 heterocycles. The number of hydrogen-bond acceptors (Lipinski definition) is 6. The monoisotopic (exact) mass is 352 g/mol. The van der Waals surface area contributed by atoms with E-state index in [1.165, 1.54) is 29.7 Å². The SMILES string of the molecule is Cc1ccc(C(=O)COC(=O)CNC(=O)c2cc(Cl)ccn2)s1. The van der Waals surface area contributed by atoms with Gasteiger partial charge in [0.1, 0.15) is 12.2 Å².